The molecule has 1 aromatic heterocycles. The number of hydrogen-bond acceptors (Lipinski definition) is 4. The van der Waals surface area contributed by atoms with Crippen molar-refractivity contribution in [1.82, 2.24) is 4.90 Å². The third-order valence-electron chi connectivity index (χ3n) is 4.05. The van der Waals surface area contributed by atoms with Crippen molar-refractivity contribution in [2.24, 2.45) is 4.40 Å². The number of carbonyl (C=O) groups is 1. The standard InChI is InChI=1S/C17H19N3O4S/c1-12-15(8-10-24-12)17(21)18-13-5-3-6-14(11-13)25(22,23)19-16-7-4-9-20(16)2/h3,5-6,8,10-11H,4,7,9H2,1-2H3,(H,18,21)/b19-16+. The number of hydrogen-bond donors (Lipinski definition) is 1. The number of anilines is 1. The lowest BCUT2D eigenvalue weighted by Gasteiger charge is -2.11. The topological polar surface area (TPSA) is 92.0 Å². The first-order chi connectivity index (χ1) is 11.9. The molecule has 1 saturated heterocycles. The van der Waals surface area contributed by atoms with E-state index in [0.29, 0.717) is 29.3 Å². The van der Waals surface area contributed by atoms with Gasteiger partial charge in [0.1, 0.15) is 11.6 Å². The van der Waals surface area contributed by atoms with Crippen LogP contribution in [0.15, 0.2) is 50.3 Å². The van der Waals surface area contributed by atoms with Crippen molar-refractivity contribution in [3.05, 3.63) is 47.9 Å². The summed E-state index contributed by atoms with van der Waals surface area (Å²) in [6.07, 6.45) is 2.97. The van der Waals surface area contributed by atoms with Crippen LogP contribution in [0.5, 0.6) is 0 Å². The van der Waals surface area contributed by atoms with Gasteiger partial charge in [-0.2, -0.15) is 8.42 Å². The maximum absolute atomic E-state index is 12.5. The number of aryl methyl sites for hydroxylation is 1. The predicted molar refractivity (Wildman–Crippen MR) is 94.3 cm³/mol. The molecular formula is C17H19N3O4S. The Hall–Kier alpha value is -2.61. The van der Waals surface area contributed by atoms with Crippen LogP contribution in [0.4, 0.5) is 5.69 Å². The summed E-state index contributed by atoms with van der Waals surface area (Å²) in [5, 5.41) is 2.68. The van der Waals surface area contributed by atoms with Crippen LogP contribution in [-0.2, 0) is 10.0 Å². The lowest BCUT2D eigenvalue weighted by Crippen LogP contribution is -2.20. The summed E-state index contributed by atoms with van der Waals surface area (Å²) < 4.78 is 34.1. The molecule has 0 bridgehead atoms. The van der Waals surface area contributed by atoms with Crippen molar-refractivity contribution in [3.8, 4) is 0 Å². The fourth-order valence-electron chi connectivity index (χ4n) is 2.65. The minimum Gasteiger partial charge on any atom is -0.469 e. The molecule has 1 N–H and O–H groups in total. The second-order valence-electron chi connectivity index (χ2n) is 5.88. The molecule has 3 rings (SSSR count). The van der Waals surface area contributed by atoms with Gasteiger partial charge in [0.05, 0.1) is 16.7 Å². The summed E-state index contributed by atoms with van der Waals surface area (Å²) in [7, 11) is -2.00. The second kappa shape index (κ2) is 6.72. The molecule has 2 aromatic rings. The van der Waals surface area contributed by atoms with Crippen LogP contribution in [0.3, 0.4) is 0 Å². The van der Waals surface area contributed by atoms with Gasteiger partial charge >= 0.3 is 0 Å². The molecule has 0 spiro atoms. The van der Waals surface area contributed by atoms with Crippen molar-refractivity contribution < 1.29 is 17.6 Å². The Balaban J connectivity index is 1.84. The number of amides is 1. The van der Waals surface area contributed by atoms with E-state index >= 15 is 0 Å². The Morgan fingerprint density at radius 1 is 1.32 bits per heavy atom. The quantitative estimate of drug-likeness (QED) is 0.904. The number of nitrogens with one attached hydrogen (secondary N) is 1. The number of nitrogens with zero attached hydrogens (tertiary/aromatic N) is 2. The van der Waals surface area contributed by atoms with Gasteiger partial charge in [-0.25, -0.2) is 0 Å². The lowest BCUT2D eigenvalue weighted by atomic mass is 10.2. The van der Waals surface area contributed by atoms with E-state index in [-0.39, 0.29) is 10.8 Å². The molecule has 0 atom stereocenters. The van der Waals surface area contributed by atoms with Crippen LogP contribution in [-0.4, -0.2) is 38.7 Å². The van der Waals surface area contributed by atoms with Crippen molar-refractivity contribution in [2.45, 2.75) is 24.7 Å². The largest absolute Gasteiger partial charge is 0.469 e. The number of carbonyl (C=O) groups excluding carboxylic acids is 1. The second-order valence-corrected chi connectivity index (χ2v) is 7.48. The zero-order valence-corrected chi connectivity index (χ0v) is 14.8. The first-order valence-electron chi connectivity index (χ1n) is 7.87. The Morgan fingerprint density at radius 3 is 2.76 bits per heavy atom. The molecule has 25 heavy (non-hydrogen) atoms. The van der Waals surface area contributed by atoms with Crippen molar-refractivity contribution in [2.75, 3.05) is 18.9 Å². The first kappa shape index (κ1) is 17.2. The molecule has 7 nitrogen and oxygen atoms in total. The molecule has 0 unspecified atom stereocenters. The summed E-state index contributed by atoms with van der Waals surface area (Å²) in [5.41, 5.74) is 0.785. The van der Waals surface area contributed by atoms with E-state index in [4.69, 9.17) is 4.42 Å². The minimum atomic E-state index is -3.82. The van der Waals surface area contributed by atoms with Crippen LogP contribution >= 0.6 is 0 Å². The summed E-state index contributed by atoms with van der Waals surface area (Å²) in [6.45, 7) is 2.48. The van der Waals surface area contributed by atoms with Crippen molar-refractivity contribution >= 4 is 27.5 Å². The van der Waals surface area contributed by atoms with Crippen LogP contribution in [0, 0.1) is 6.92 Å². The smallest absolute Gasteiger partial charge is 0.284 e. The van der Waals surface area contributed by atoms with Gasteiger partial charge in [0.15, 0.2) is 0 Å². The average Bonchev–Trinajstić information content (AvgIpc) is 3.16. The van der Waals surface area contributed by atoms with Gasteiger partial charge in [0.25, 0.3) is 15.9 Å². The van der Waals surface area contributed by atoms with Gasteiger partial charge in [0.2, 0.25) is 0 Å². The summed E-state index contributed by atoms with van der Waals surface area (Å²) >= 11 is 0. The Labute approximate surface area is 146 Å². The number of furan rings is 1. The van der Waals surface area contributed by atoms with Gasteiger partial charge in [-0.05, 0) is 37.6 Å². The van der Waals surface area contributed by atoms with Crippen LogP contribution in [0.25, 0.3) is 0 Å². The number of sulfonamides is 1. The highest BCUT2D eigenvalue weighted by Crippen LogP contribution is 2.21. The monoisotopic (exact) mass is 361 g/mol. The van der Waals surface area contributed by atoms with E-state index < -0.39 is 10.0 Å². The van der Waals surface area contributed by atoms with Gasteiger partial charge in [0, 0.05) is 25.7 Å². The van der Waals surface area contributed by atoms with Gasteiger partial charge in [-0.3, -0.25) is 4.79 Å². The molecule has 132 valence electrons. The molecule has 0 radical (unpaired) electrons. The molecule has 8 heteroatoms. The number of likely N-dealkylation sites (tertiary alicyclic amines) is 1. The molecule has 1 aliphatic rings. The van der Waals surface area contributed by atoms with Crippen LogP contribution in [0.2, 0.25) is 0 Å². The molecular weight excluding hydrogens is 342 g/mol. The summed E-state index contributed by atoms with van der Waals surface area (Å²) in [5.74, 6) is 0.697. The SMILES string of the molecule is Cc1occc1C(=O)Nc1cccc(S(=O)(=O)/N=C2\CCCN2C)c1. The van der Waals surface area contributed by atoms with E-state index in [0.717, 1.165) is 13.0 Å². The molecule has 0 saturated carbocycles. The third-order valence-corrected chi connectivity index (χ3v) is 5.35. The van der Waals surface area contributed by atoms with Crippen molar-refractivity contribution in [3.63, 3.8) is 0 Å². The van der Waals surface area contributed by atoms with Crippen molar-refractivity contribution in [1.29, 1.82) is 0 Å². The van der Waals surface area contributed by atoms with E-state index in [9.17, 15) is 13.2 Å². The maximum Gasteiger partial charge on any atom is 0.284 e. The van der Waals surface area contributed by atoms with E-state index in [2.05, 4.69) is 9.71 Å². The summed E-state index contributed by atoms with van der Waals surface area (Å²) in [4.78, 5) is 14.1. The molecule has 1 fully saturated rings. The Morgan fingerprint density at radius 2 is 2.12 bits per heavy atom. The normalized spacial score (nSPS) is 16.4. The maximum atomic E-state index is 12.5. The fourth-order valence-corrected chi connectivity index (χ4v) is 3.79. The molecule has 1 aromatic carbocycles. The molecule has 1 aliphatic heterocycles. The van der Waals surface area contributed by atoms with E-state index in [1.807, 2.05) is 11.9 Å². The zero-order chi connectivity index (χ0) is 18.0. The zero-order valence-electron chi connectivity index (χ0n) is 14.0. The first-order valence-corrected chi connectivity index (χ1v) is 9.31. The number of benzene rings is 1. The number of rotatable bonds is 4. The van der Waals surface area contributed by atoms with Gasteiger partial charge < -0.3 is 14.6 Å². The Kier molecular flexibility index (Phi) is 4.63. The average molecular weight is 361 g/mol. The van der Waals surface area contributed by atoms with Crippen LogP contribution < -0.4 is 5.32 Å². The lowest BCUT2D eigenvalue weighted by molar-refractivity contribution is 0.102. The van der Waals surface area contributed by atoms with Gasteiger partial charge in [-0.15, -0.1) is 4.40 Å². The molecule has 1 amide bonds. The predicted octanol–water partition coefficient (Wildman–Crippen LogP) is 2.65. The minimum absolute atomic E-state index is 0.0435. The highest BCUT2D eigenvalue weighted by Gasteiger charge is 2.21. The van der Waals surface area contributed by atoms with Crippen LogP contribution in [0.1, 0.15) is 29.0 Å². The summed E-state index contributed by atoms with van der Waals surface area (Å²) in [6, 6.07) is 7.63. The third kappa shape index (κ3) is 3.74. The van der Waals surface area contributed by atoms with E-state index in [1.54, 1.807) is 25.1 Å². The Bertz CT molecular complexity index is 931. The molecule has 0 aliphatic carbocycles. The van der Waals surface area contributed by atoms with E-state index in [1.165, 1.54) is 18.4 Å². The highest BCUT2D eigenvalue weighted by molar-refractivity contribution is 7.90. The highest BCUT2D eigenvalue weighted by atomic mass is 32.2. The number of amidine groups is 1. The fraction of sp³-hybridized carbons (Fsp3) is 0.294. The van der Waals surface area contributed by atoms with Gasteiger partial charge in [-0.1, -0.05) is 6.07 Å². The molecule has 2 heterocycles.